The summed E-state index contributed by atoms with van der Waals surface area (Å²) in [6, 6.07) is 26.3. The molecule has 0 aromatic heterocycles. The Kier molecular flexibility index (Phi) is 10.5. The minimum Gasteiger partial charge on any atom is -0.352 e. The van der Waals surface area contributed by atoms with Crippen molar-refractivity contribution in [2.45, 2.75) is 76.8 Å². The van der Waals surface area contributed by atoms with Crippen LogP contribution in [0.15, 0.2) is 78.9 Å². The number of hydrogen-bond acceptors (Lipinski definition) is 3. The molecule has 0 heterocycles. The second-order valence-corrected chi connectivity index (χ2v) is 11.5. The number of thioether (sulfide) groups is 1. The van der Waals surface area contributed by atoms with E-state index in [2.05, 4.69) is 55.6 Å². The van der Waals surface area contributed by atoms with Crippen molar-refractivity contribution < 1.29 is 9.59 Å². The Morgan fingerprint density at radius 2 is 1.61 bits per heavy atom. The van der Waals surface area contributed by atoms with Crippen LogP contribution in [-0.4, -0.2) is 34.6 Å². The van der Waals surface area contributed by atoms with Crippen molar-refractivity contribution in [2.75, 3.05) is 5.75 Å². The summed E-state index contributed by atoms with van der Waals surface area (Å²) in [6.07, 6.45) is 6.06. The van der Waals surface area contributed by atoms with E-state index in [0.29, 0.717) is 18.7 Å². The van der Waals surface area contributed by atoms with E-state index < -0.39 is 6.04 Å². The Morgan fingerprint density at radius 3 is 2.34 bits per heavy atom. The van der Waals surface area contributed by atoms with Crippen LogP contribution in [0.25, 0.3) is 0 Å². The van der Waals surface area contributed by atoms with Gasteiger partial charge in [-0.1, -0.05) is 104 Å². The van der Waals surface area contributed by atoms with Crippen molar-refractivity contribution in [3.8, 4) is 0 Å². The van der Waals surface area contributed by atoms with Crippen molar-refractivity contribution in [1.82, 2.24) is 10.2 Å². The highest BCUT2D eigenvalue weighted by Crippen LogP contribution is 2.22. The lowest BCUT2D eigenvalue weighted by Gasteiger charge is -2.34. The van der Waals surface area contributed by atoms with Crippen LogP contribution in [0.1, 0.15) is 59.9 Å². The molecule has 1 N–H and O–H groups in total. The molecule has 3 aromatic rings. The van der Waals surface area contributed by atoms with Crippen LogP contribution in [0.5, 0.6) is 0 Å². The monoisotopic (exact) mass is 528 g/mol. The van der Waals surface area contributed by atoms with Gasteiger partial charge in [-0.3, -0.25) is 9.59 Å². The molecule has 0 unspecified atom stereocenters. The molecule has 5 heteroatoms. The minimum atomic E-state index is -0.564. The number of benzene rings is 3. The molecule has 1 atom stereocenters. The van der Waals surface area contributed by atoms with Gasteiger partial charge in [0.05, 0.1) is 5.75 Å². The molecule has 38 heavy (non-hydrogen) atoms. The molecule has 0 spiro atoms. The van der Waals surface area contributed by atoms with Crippen molar-refractivity contribution in [1.29, 1.82) is 0 Å². The smallest absolute Gasteiger partial charge is 0.243 e. The summed E-state index contributed by atoms with van der Waals surface area (Å²) in [5.41, 5.74) is 5.70. The Bertz CT molecular complexity index is 1190. The standard InChI is InChI=1S/C33H40N2O2S/c1-25-12-11-16-28(20-25)23-38-24-32(36)35(22-29-17-10-9-13-26(29)2)31(21-27-14-5-3-6-15-27)33(37)34-30-18-7-4-8-19-30/h3,5-6,9-17,20,30-31H,4,7-8,18-19,21-24H2,1-2H3,(H,34,37)/t31-/m1/s1. The summed E-state index contributed by atoms with van der Waals surface area (Å²) < 4.78 is 0. The number of carbonyl (C=O) groups is 2. The molecule has 0 radical (unpaired) electrons. The first-order valence-electron chi connectivity index (χ1n) is 13.8. The maximum absolute atomic E-state index is 13.9. The van der Waals surface area contributed by atoms with Gasteiger partial charge in [0, 0.05) is 24.8 Å². The van der Waals surface area contributed by atoms with E-state index in [4.69, 9.17) is 0 Å². The van der Waals surface area contributed by atoms with Gasteiger partial charge in [0.25, 0.3) is 0 Å². The predicted octanol–water partition coefficient (Wildman–Crippen LogP) is 6.63. The maximum Gasteiger partial charge on any atom is 0.243 e. The average molecular weight is 529 g/mol. The fourth-order valence-electron chi connectivity index (χ4n) is 5.21. The lowest BCUT2D eigenvalue weighted by atomic mass is 9.94. The Labute approximate surface area is 232 Å². The van der Waals surface area contributed by atoms with Gasteiger partial charge in [-0.15, -0.1) is 11.8 Å². The molecule has 1 aliphatic carbocycles. The van der Waals surface area contributed by atoms with Crippen LogP contribution in [-0.2, 0) is 28.3 Å². The van der Waals surface area contributed by atoms with Crippen LogP contribution in [0.3, 0.4) is 0 Å². The minimum absolute atomic E-state index is 0.00521. The van der Waals surface area contributed by atoms with Gasteiger partial charge in [0.2, 0.25) is 11.8 Å². The van der Waals surface area contributed by atoms with Crippen molar-refractivity contribution in [3.63, 3.8) is 0 Å². The van der Waals surface area contributed by atoms with Gasteiger partial charge in [-0.25, -0.2) is 0 Å². The Morgan fingerprint density at radius 1 is 0.895 bits per heavy atom. The molecular formula is C33H40N2O2S. The number of nitrogens with one attached hydrogen (secondary N) is 1. The van der Waals surface area contributed by atoms with Gasteiger partial charge in [-0.2, -0.15) is 0 Å². The van der Waals surface area contributed by atoms with E-state index in [1.165, 1.54) is 17.5 Å². The quantitative estimate of drug-likeness (QED) is 0.304. The summed E-state index contributed by atoms with van der Waals surface area (Å²) in [7, 11) is 0. The fraction of sp³-hybridized carbons (Fsp3) is 0.394. The molecule has 0 saturated heterocycles. The largest absolute Gasteiger partial charge is 0.352 e. The highest BCUT2D eigenvalue weighted by atomic mass is 32.2. The zero-order valence-corrected chi connectivity index (χ0v) is 23.5. The van der Waals surface area contributed by atoms with Gasteiger partial charge < -0.3 is 10.2 Å². The molecule has 200 valence electrons. The number of carbonyl (C=O) groups excluding carboxylic acids is 2. The highest BCUT2D eigenvalue weighted by Gasteiger charge is 2.32. The Hall–Kier alpha value is -3.05. The van der Waals surface area contributed by atoms with E-state index >= 15 is 0 Å². The summed E-state index contributed by atoms with van der Waals surface area (Å²) in [5, 5.41) is 3.32. The van der Waals surface area contributed by atoms with Crippen LogP contribution in [0.2, 0.25) is 0 Å². The molecule has 3 aromatic carbocycles. The van der Waals surface area contributed by atoms with E-state index in [9.17, 15) is 9.59 Å². The summed E-state index contributed by atoms with van der Waals surface area (Å²) in [6.45, 7) is 4.58. The molecular weight excluding hydrogens is 488 g/mol. The molecule has 1 saturated carbocycles. The van der Waals surface area contributed by atoms with E-state index in [1.54, 1.807) is 11.8 Å². The molecule has 1 fully saturated rings. The molecule has 0 bridgehead atoms. The second-order valence-electron chi connectivity index (χ2n) is 10.5. The van der Waals surface area contributed by atoms with Crippen molar-refractivity contribution >= 4 is 23.6 Å². The lowest BCUT2D eigenvalue weighted by Crippen LogP contribution is -2.53. The van der Waals surface area contributed by atoms with Crippen LogP contribution in [0.4, 0.5) is 0 Å². The van der Waals surface area contributed by atoms with Gasteiger partial charge in [0.1, 0.15) is 6.04 Å². The van der Waals surface area contributed by atoms with Crippen LogP contribution >= 0.6 is 11.8 Å². The molecule has 4 rings (SSSR count). The van der Waals surface area contributed by atoms with E-state index in [0.717, 1.165) is 48.1 Å². The number of rotatable bonds is 11. The van der Waals surface area contributed by atoms with Crippen LogP contribution < -0.4 is 5.32 Å². The first-order valence-corrected chi connectivity index (χ1v) is 15.0. The maximum atomic E-state index is 13.9. The van der Waals surface area contributed by atoms with Gasteiger partial charge in [-0.05, 0) is 48.9 Å². The lowest BCUT2D eigenvalue weighted by molar-refractivity contribution is -0.139. The zero-order valence-electron chi connectivity index (χ0n) is 22.7. The first kappa shape index (κ1) is 28.0. The molecule has 2 amide bonds. The SMILES string of the molecule is Cc1cccc(CSCC(=O)N(Cc2ccccc2C)[C@H](Cc2ccccc2)C(=O)NC2CCCCC2)c1. The average Bonchev–Trinajstić information content (AvgIpc) is 2.92. The summed E-state index contributed by atoms with van der Waals surface area (Å²) in [5.74, 6) is 1.07. The van der Waals surface area contributed by atoms with Gasteiger partial charge >= 0.3 is 0 Å². The molecule has 1 aliphatic rings. The first-order chi connectivity index (χ1) is 18.5. The zero-order chi connectivity index (χ0) is 26.7. The second kappa shape index (κ2) is 14.2. The molecule has 4 nitrogen and oxygen atoms in total. The van der Waals surface area contributed by atoms with E-state index in [1.807, 2.05) is 47.4 Å². The number of aryl methyl sites for hydroxylation is 2. The third-order valence-electron chi connectivity index (χ3n) is 7.40. The number of amides is 2. The number of nitrogens with zero attached hydrogens (tertiary/aromatic N) is 1. The van der Waals surface area contributed by atoms with Crippen LogP contribution in [0, 0.1) is 13.8 Å². The van der Waals surface area contributed by atoms with Crippen molar-refractivity contribution in [2.24, 2.45) is 0 Å². The normalized spacial score (nSPS) is 14.6. The van der Waals surface area contributed by atoms with Gasteiger partial charge in [0.15, 0.2) is 0 Å². The fourth-order valence-corrected chi connectivity index (χ4v) is 6.07. The van der Waals surface area contributed by atoms with E-state index in [-0.39, 0.29) is 17.9 Å². The summed E-state index contributed by atoms with van der Waals surface area (Å²) in [4.78, 5) is 29.6. The topological polar surface area (TPSA) is 49.4 Å². The highest BCUT2D eigenvalue weighted by molar-refractivity contribution is 7.99. The number of hydrogen-bond donors (Lipinski definition) is 1. The third kappa shape index (κ3) is 8.22. The van der Waals surface area contributed by atoms with Crippen molar-refractivity contribution in [3.05, 3.63) is 107 Å². The Balaban J connectivity index is 1.57. The predicted molar refractivity (Wildman–Crippen MR) is 158 cm³/mol. The third-order valence-corrected chi connectivity index (χ3v) is 8.39. The molecule has 0 aliphatic heterocycles. The summed E-state index contributed by atoms with van der Waals surface area (Å²) >= 11 is 1.61.